The lowest BCUT2D eigenvalue weighted by molar-refractivity contribution is 0.0718. The predicted octanol–water partition coefficient (Wildman–Crippen LogP) is 1.21. The lowest BCUT2D eigenvalue weighted by atomic mass is 9.92. The van der Waals surface area contributed by atoms with Gasteiger partial charge in [0.25, 0.3) is 11.5 Å². The second-order valence-electron chi connectivity index (χ2n) is 6.22. The molecule has 3 N–H and O–H groups in total. The van der Waals surface area contributed by atoms with Gasteiger partial charge in [0.1, 0.15) is 11.2 Å². The molecule has 1 aliphatic carbocycles. The quantitative estimate of drug-likeness (QED) is 0.659. The number of aliphatic hydroxyl groups is 1. The normalized spacial score (nSPS) is 21.2. The minimum atomic E-state index is -0.524. The topological polar surface area (TPSA) is 99.5 Å². The highest BCUT2D eigenvalue weighted by atomic mass is 16.3. The Kier molecular flexibility index (Phi) is 3.57. The smallest absolute Gasteiger partial charge is 0.259 e. The van der Waals surface area contributed by atoms with Crippen LogP contribution in [-0.4, -0.2) is 37.8 Å². The van der Waals surface area contributed by atoms with Crippen LogP contribution in [0.3, 0.4) is 0 Å². The molecule has 0 bridgehead atoms. The number of amides is 1. The van der Waals surface area contributed by atoms with E-state index in [9.17, 15) is 14.7 Å². The number of hydrogen-bond donors (Lipinski definition) is 3. The first-order chi connectivity index (χ1) is 11.6. The first kappa shape index (κ1) is 14.9. The molecular formula is C17H18N4O3. The Morgan fingerprint density at radius 1 is 1.29 bits per heavy atom. The Labute approximate surface area is 137 Å². The van der Waals surface area contributed by atoms with E-state index < -0.39 is 6.10 Å². The maximum absolute atomic E-state index is 12.6. The van der Waals surface area contributed by atoms with Crippen molar-refractivity contribution in [1.82, 2.24) is 19.9 Å². The van der Waals surface area contributed by atoms with Crippen LogP contribution in [0.4, 0.5) is 0 Å². The largest absolute Gasteiger partial charge is 0.391 e. The monoisotopic (exact) mass is 326 g/mol. The molecule has 1 amide bonds. The van der Waals surface area contributed by atoms with Crippen molar-refractivity contribution < 1.29 is 9.90 Å². The molecule has 7 nitrogen and oxygen atoms in total. The van der Waals surface area contributed by atoms with Crippen LogP contribution in [0.2, 0.25) is 0 Å². The van der Waals surface area contributed by atoms with Gasteiger partial charge in [0, 0.05) is 0 Å². The van der Waals surface area contributed by atoms with Gasteiger partial charge in [-0.15, -0.1) is 0 Å². The Morgan fingerprint density at radius 3 is 2.92 bits per heavy atom. The van der Waals surface area contributed by atoms with E-state index >= 15 is 0 Å². The van der Waals surface area contributed by atoms with E-state index in [-0.39, 0.29) is 17.5 Å². The highest BCUT2D eigenvalue weighted by Gasteiger charge is 2.26. The lowest BCUT2D eigenvalue weighted by Gasteiger charge is -2.28. The number of para-hydroxylation sites is 1. The molecule has 1 saturated carbocycles. The van der Waals surface area contributed by atoms with Crippen LogP contribution in [0.1, 0.15) is 36.0 Å². The number of aliphatic hydroxyl groups excluding tert-OH is 1. The second-order valence-corrected chi connectivity index (χ2v) is 6.22. The van der Waals surface area contributed by atoms with Crippen molar-refractivity contribution in [3.8, 4) is 0 Å². The van der Waals surface area contributed by atoms with Gasteiger partial charge in [-0.25, -0.2) is 4.52 Å². The molecule has 0 saturated heterocycles. The number of fused-ring (bicyclic) bond motifs is 3. The molecule has 124 valence electrons. The van der Waals surface area contributed by atoms with Crippen LogP contribution >= 0.6 is 0 Å². The van der Waals surface area contributed by atoms with Crippen molar-refractivity contribution in [2.45, 2.75) is 37.8 Å². The molecule has 7 heteroatoms. The molecule has 1 aromatic carbocycles. The zero-order valence-electron chi connectivity index (χ0n) is 13.0. The number of rotatable bonds is 2. The van der Waals surface area contributed by atoms with E-state index in [1.54, 1.807) is 22.7 Å². The highest BCUT2D eigenvalue weighted by molar-refractivity contribution is 6.00. The summed E-state index contributed by atoms with van der Waals surface area (Å²) < 4.78 is 1.56. The number of hydrogen-bond acceptors (Lipinski definition) is 4. The molecule has 1 fully saturated rings. The summed E-state index contributed by atoms with van der Waals surface area (Å²) in [6.07, 6.45) is 4.33. The van der Waals surface area contributed by atoms with Crippen LogP contribution in [0.15, 0.2) is 35.3 Å². The van der Waals surface area contributed by atoms with Gasteiger partial charge in [-0.05, 0) is 25.0 Å². The van der Waals surface area contributed by atoms with Gasteiger partial charge in [0.15, 0.2) is 0 Å². The molecule has 0 spiro atoms. The van der Waals surface area contributed by atoms with Gasteiger partial charge in [-0.3, -0.25) is 9.59 Å². The number of carbonyl (C=O) groups is 1. The predicted molar refractivity (Wildman–Crippen MR) is 89.0 cm³/mol. The average molecular weight is 326 g/mol. The summed E-state index contributed by atoms with van der Waals surface area (Å²) in [5.41, 5.74) is 1.05. The Morgan fingerprint density at radius 2 is 2.08 bits per heavy atom. The number of aromatic amines is 1. The molecule has 3 aromatic rings. The molecular weight excluding hydrogens is 308 g/mol. The number of nitrogens with one attached hydrogen (secondary N) is 2. The summed E-state index contributed by atoms with van der Waals surface area (Å²) in [5.74, 6) is -0.332. The van der Waals surface area contributed by atoms with Gasteiger partial charge in [-0.2, -0.15) is 5.10 Å². The highest BCUT2D eigenvalue weighted by Crippen LogP contribution is 2.20. The van der Waals surface area contributed by atoms with Crippen LogP contribution in [0.25, 0.3) is 16.6 Å². The first-order valence-corrected chi connectivity index (χ1v) is 8.13. The molecule has 2 aromatic heterocycles. The fraction of sp³-hybridized carbons (Fsp3) is 0.353. The van der Waals surface area contributed by atoms with E-state index in [2.05, 4.69) is 15.4 Å². The van der Waals surface area contributed by atoms with Gasteiger partial charge >= 0.3 is 0 Å². The molecule has 24 heavy (non-hydrogen) atoms. The van der Waals surface area contributed by atoms with E-state index in [0.717, 1.165) is 19.3 Å². The van der Waals surface area contributed by atoms with Crippen molar-refractivity contribution >= 4 is 22.5 Å². The molecule has 2 unspecified atom stereocenters. The van der Waals surface area contributed by atoms with Crippen molar-refractivity contribution in [3.63, 3.8) is 0 Å². The fourth-order valence-electron chi connectivity index (χ4n) is 3.37. The third kappa shape index (κ3) is 2.37. The molecule has 1 aliphatic rings. The maximum Gasteiger partial charge on any atom is 0.259 e. The number of aromatic nitrogens is 3. The standard InChI is InChI=1S/C17H18N4O3/c22-14-8-4-2-6-12(14)19-17(24)11-9-18-21-13-7-3-1-5-10(13)16(23)20-15(11)21/h1,3,5,7,9,12,14,22H,2,4,6,8H2,(H,19,24)(H,20,23). The van der Waals surface area contributed by atoms with Crippen molar-refractivity contribution in [2.75, 3.05) is 0 Å². The first-order valence-electron chi connectivity index (χ1n) is 8.13. The zero-order valence-corrected chi connectivity index (χ0v) is 13.0. The van der Waals surface area contributed by atoms with E-state index in [4.69, 9.17) is 0 Å². The van der Waals surface area contributed by atoms with E-state index in [1.165, 1.54) is 6.20 Å². The Hall–Kier alpha value is -2.67. The van der Waals surface area contributed by atoms with Gasteiger partial charge in [0.05, 0.1) is 29.2 Å². The summed E-state index contributed by atoms with van der Waals surface area (Å²) in [7, 11) is 0. The summed E-state index contributed by atoms with van der Waals surface area (Å²) in [4.78, 5) is 27.6. The third-order valence-corrected chi connectivity index (χ3v) is 4.67. The lowest BCUT2D eigenvalue weighted by Crippen LogP contribution is -2.45. The Bertz CT molecular complexity index is 975. The summed E-state index contributed by atoms with van der Waals surface area (Å²) in [5, 5.41) is 17.6. The fourth-order valence-corrected chi connectivity index (χ4v) is 3.37. The van der Waals surface area contributed by atoms with Gasteiger partial charge in [-0.1, -0.05) is 25.0 Å². The minimum Gasteiger partial charge on any atom is -0.391 e. The molecule has 0 radical (unpaired) electrons. The SMILES string of the molecule is O=C(NC1CCCCC1O)c1cnn2c1[nH]c(=O)c1ccccc12. The van der Waals surface area contributed by atoms with Crippen molar-refractivity contribution in [2.24, 2.45) is 0 Å². The zero-order chi connectivity index (χ0) is 16.7. The van der Waals surface area contributed by atoms with E-state index in [1.807, 2.05) is 6.07 Å². The Balaban J connectivity index is 1.74. The second kappa shape index (κ2) is 5.76. The summed E-state index contributed by atoms with van der Waals surface area (Å²) in [6.45, 7) is 0. The summed E-state index contributed by atoms with van der Waals surface area (Å²) >= 11 is 0. The van der Waals surface area contributed by atoms with Gasteiger partial charge < -0.3 is 15.4 Å². The third-order valence-electron chi connectivity index (χ3n) is 4.67. The number of nitrogens with zero attached hydrogens (tertiary/aromatic N) is 2. The summed E-state index contributed by atoms with van der Waals surface area (Å²) in [6, 6.07) is 6.85. The minimum absolute atomic E-state index is 0.256. The van der Waals surface area contributed by atoms with Crippen LogP contribution < -0.4 is 10.9 Å². The average Bonchev–Trinajstić information content (AvgIpc) is 3.01. The maximum atomic E-state index is 12.6. The van der Waals surface area contributed by atoms with Crippen LogP contribution in [0.5, 0.6) is 0 Å². The molecule has 0 aliphatic heterocycles. The van der Waals surface area contributed by atoms with E-state index in [0.29, 0.717) is 28.5 Å². The molecule has 2 heterocycles. The molecule has 4 rings (SSSR count). The number of H-pyrrole nitrogens is 1. The number of carbonyl (C=O) groups excluding carboxylic acids is 1. The molecule has 2 atom stereocenters. The van der Waals surface area contributed by atoms with Gasteiger partial charge in [0.2, 0.25) is 0 Å². The van der Waals surface area contributed by atoms with Crippen molar-refractivity contribution in [3.05, 3.63) is 46.4 Å². The van der Waals surface area contributed by atoms with Crippen molar-refractivity contribution in [1.29, 1.82) is 0 Å². The van der Waals surface area contributed by atoms with Crippen LogP contribution in [0, 0.1) is 0 Å². The number of benzene rings is 1. The van der Waals surface area contributed by atoms with Crippen LogP contribution in [-0.2, 0) is 0 Å².